The van der Waals surface area contributed by atoms with Crippen molar-refractivity contribution in [3.63, 3.8) is 0 Å². The van der Waals surface area contributed by atoms with Gasteiger partial charge in [0.1, 0.15) is 0 Å². The fourth-order valence-corrected chi connectivity index (χ4v) is 8.62. The third-order valence-corrected chi connectivity index (χ3v) is 10.2. The van der Waals surface area contributed by atoms with Crippen LogP contribution >= 0.6 is 0 Å². The molecule has 4 saturated carbocycles. The van der Waals surface area contributed by atoms with Crippen molar-refractivity contribution in [2.45, 2.75) is 96.9 Å². The maximum absolute atomic E-state index is 11.5. The van der Waals surface area contributed by atoms with Crippen LogP contribution in [0.25, 0.3) is 0 Å². The quantitative estimate of drug-likeness (QED) is 0.539. The van der Waals surface area contributed by atoms with E-state index in [9.17, 15) is 20.1 Å². The Morgan fingerprint density at radius 1 is 1.03 bits per heavy atom. The summed E-state index contributed by atoms with van der Waals surface area (Å²) in [6, 6.07) is 0. The third-order valence-electron chi connectivity index (χ3n) is 10.2. The number of hydrogen-bond acceptors (Lipinski definition) is 4. The van der Waals surface area contributed by atoms with Crippen LogP contribution in [-0.2, 0) is 37.5 Å². The maximum Gasteiger partial charge on any atom is 0.0602 e. The second-order valence-electron chi connectivity index (χ2n) is 11.2. The summed E-state index contributed by atoms with van der Waals surface area (Å²) in [5.41, 5.74) is -0.0383. The standard InChI is InChI=1S/C24H39O4.Y/c1-14(5-4-10-25)17-6-7-18-22-19(13-21(28)24(17,18)3)23(2)9-8-16(26)11-15(23)12-20(22)27;/h14-22,26-28H,4-9,11-13H2,1-3H3;/q-1;. The molecule has 163 valence electrons. The van der Waals surface area contributed by atoms with E-state index < -0.39 is 0 Å². The van der Waals surface area contributed by atoms with E-state index in [2.05, 4.69) is 20.8 Å². The second-order valence-corrected chi connectivity index (χ2v) is 11.2. The minimum absolute atomic E-state index is 0. The molecule has 0 aliphatic heterocycles. The van der Waals surface area contributed by atoms with E-state index in [0.29, 0.717) is 36.0 Å². The van der Waals surface area contributed by atoms with Crippen molar-refractivity contribution in [2.75, 3.05) is 0 Å². The molecule has 0 aromatic rings. The predicted octanol–water partition coefficient (Wildman–Crippen LogP) is 3.47. The Balaban J connectivity index is 0.00000240. The van der Waals surface area contributed by atoms with Gasteiger partial charge in [-0.3, -0.25) is 6.29 Å². The van der Waals surface area contributed by atoms with Gasteiger partial charge in [0.2, 0.25) is 0 Å². The first-order valence-corrected chi connectivity index (χ1v) is 11.6. The fourth-order valence-electron chi connectivity index (χ4n) is 8.62. The first-order chi connectivity index (χ1) is 13.2. The Morgan fingerprint density at radius 2 is 1.76 bits per heavy atom. The van der Waals surface area contributed by atoms with E-state index in [1.165, 1.54) is 0 Å². The molecule has 4 rings (SSSR count). The molecule has 4 fully saturated rings. The van der Waals surface area contributed by atoms with E-state index in [1.54, 1.807) is 0 Å². The van der Waals surface area contributed by atoms with Crippen LogP contribution in [0.3, 0.4) is 0 Å². The van der Waals surface area contributed by atoms with Crippen LogP contribution in [0.15, 0.2) is 0 Å². The largest absolute Gasteiger partial charge is 0.542 e. The first-order valence-electron chi connectivity index (χ1n) is 11.6. The molecule has 0 amide bonds. The van der Waals surface area contributed by atoms with Crippen LogP contribution in [-0.4, -0.2) is 39.9 Å². The van der Waals surface area contributed by atoms with Gasteiger partial charge in [-0.1, -0.05) is 27.2 Å². The zero-order chi connectivity index (χ0) is 20.3. The maximum atomic E-state index is 11.5. The van der Waals surface area contributed by atoms with E-state index in [4.69, 9.17) is 0 Å². The predicted molar refractivity (Wildman–Crippen MR) is 108 cm³/mol. The summed E-state index contributed by atoms with van der Waals surface area (Å²) >= 11 is 0. The minimum Gasteiger partial charge on any atom is -0.542 e. The van der Waals surface area contributed by atoms with E-state index in [0.717, 1.165) is 51.4 Å². The SMILES string of the molecule is CC(CC[C-]=O)C1CCC2C3C(O)CC4CC(O)CCC4(C)C3CC(O)C12C.[Y]. The molecule has 3 N–H and O–H groups in total. The monoisotopic (exact) mass is 480 g/mol. The molecule has 11 atom stereocenters. The molecule has 0 bridgehead atoms. The topological polar surface area (TPSA) is 77.8 Å². The van der Waals surface area contributed by atoms with Crippen LogP contribution < -0.4 is 0 Å². The molecular formula is C24H39O4Y-. The van der Waals surface area contributed by atoms with Crippen molar-refractivity contribution in [3.05, 3.63) is 0 Å². The van der Waals surface area contributed by atoms with Gasteiger partial charge < -0.3 is 20.1 Å². The average Bonchev–Trinajstić information content (AvgIpc) is 3.01. The average molecular weight is 480 g/mol. The summed E-state index contributed by atoms with van der Waals surface area (Å²) in [7, 11) is 0. The van der Waals surface area contributed by atoms with Crippen LogP contribution in [0.4, 0.5) is 0 Å². The Labute approximate surface area is 201 Å². The summed E-state index contributed by atoms with van der Waals surface area (Å²) in [5, 5.41) is 32.9. The van der Waals surface area contributed by atoms with Gasteiger partial charge in [0.25, 0.3) is 0 Å². The summed E-state index contributed by atoms with van der Waals surface area (Å²) in [5.74, 6) is 2.14. The Kier molecular flexibility index (Phi) is 7.45. The Morgan fingerprint density at radius 3 is 2.45 bits per heavy atom. The Hall–Kier alpha value is 0.654. The molecule has 0 spiro atoms. The summed E-state index contributed by atoms with van der Waals surface area (Å²) in [6.45, 7) is 6.87. The van der Waals surface area contributed by atoms with Gasteiger partial charge in [0, 0.05) is 32.7 Å². The van der Waals surface area contributed by atoms with E-state index in [-0.39, 0.29) is 67.8 Å². The normalized spacial score (nSPS) is 52.5. The Bertz CT molecular complexity index is 599. The molecule has 0 heterocycles. The van der Waals surface area contributed by atoms with Gasteiger partial charge in [-0.05, 0) is 91.3 Å². The number of rotatable bonds is 4. The molecule has 4 aliphatic carbocycles. The molecule has 0 saturated heterocycles. The molecule has 29 heavy (non-hydrogen) atoms. The summed E-state index contributed by atoms with van der Waals surface area (Å²) in [4.78, 5) is 10.7. The molecule has 11 unspecified atom stereocenters. The zero-order valence-electron chi connectivity index (χ0n) is 18.4. The van der Waals surface area contributed by atoms with Crippen LogP contribution in [0.5, 0.6) is 0 Å². The molecule has 5 heteroatoms. The van der Waals surface area contributed by atoms with Gasteiger partial charge in [-0.25, -0.2) is 0 Å². The van der Waals surface area contributed by atoms with Crippen LogP contribution in [0.2, 0.25) is 0 Å². The minimum atomic E-state index is -0.344. The number of fused-ring (bicyclic) bond motifs is 5. The molecule has 4 aliphatic rings. The van der Waals surface area contributed by atoms with Crippen molar-refractivity contribution in [1.29, 1.82) is 0 Å². The molecular weight excluding hydrogens is 441 g/mol. The van der Waals surface area contributed by atoms with E-state index in [1.807, 2.05) is 6.29 Å². The van der Waals surface area contributed by atoms with Gasteiger partial charge in [-0.15, -0.1) is 0 Å². The second kappa shape index (κ2) is 8.89. The number of hydrogen-bond donors (Lipinski definition) is 3. The number of aliphatic hydroxyl groups excluding tert-OH is 3. The van der Waals surface area contributed by atoms with Crippen molar-refractivity contribution >= 4 is 6.29 Å². The smallest absolute Gasteiger partial charge is 0.0602 e. The van der Waals surface area contributed by atoms with Crippen LogP contribution in [0, 0.1) is 46.3 Å². The van der Waals surface area contributed by atoms with Crippen molar-refractivity contribution in [1.82, 2.24) is 0 Å². The van der Waals surface area contributed by atoms with Gasteiger partial charge in [0.05, 0.1) is 18.3 Å². The van der Waals surface area contributed by atoms with Crippen molar-refractivity contribution in [2.24, 2.45) is 46.3 Å². The van der Waals surface area contributed by atoms with E-state index >= 15 is 0 Å². The first kappa shape index (κ1) is 24.3. The summed E-state index contributed by atoms with van der Waals surface area (Å²) in [6.07, 6.45) is 8.89. The zero-order valence-corrected chi connectivity index (χ0v) is 21.2. The number of aliphatic hydroxyl groups is 3. The third kappa shape index (κ3) is 3.75. The van der Waals surface area contributed by atoms with Gasteiger partial charge in [0.15, 0.2) is 0 Å². The van der Waals surface area contributed by atoms with Crippen molar-refractivity contribution < 1.29 is 52.8 Å². The summed E-state index contributed by atoms with van der Waals surface area (Å²) < 4.78 is 0. The number of carbonyl (C=O) groups excluding carboxylic acids is 1. The van der Waals surface area contributed by atoms with Crippen LogP contribution in [0.1, 0.15) is 78.6 Å². The molecule has 1 radical (unpaired) electrons. The molecule has 0 aromatic heterocycles. The molecule has 4 nitrogen and oxygen atoms in total. The fraction of sp³-hybridized carbons (Fsp3) is 0.958. The van der Waals surface area contributed by atoms with Gasteiger partial charge in [-0.2, -0.15) is 6.42 Å². The molecule has 0 aromatic carbocycles. The van der Waals surface area contributed by atoms with Gasteiger partial charge >= 0.3 is 0 Å². The van der Waals surface area contributed by atoms with Crippen molar-refractivity contribution in [3.8, 4) is 0 Å².